The van der Waals surface area contributed by atoms with E-state index in [2.05, 4.69) is 0 Å². The number of hydrogen-bond donors (Lipinski definition) is 1. The third kappa shape index (κ3) is 3.92. The van der Waals surface area contributed by atoms with Crippen molar-refractivity contribution in [1.82, 2.24) is 4.90 Å². The van der Waals surface area contributed by atoms with Gasteiger partial charge in [0.05, 0.1) is 12.2 Å². The molecule has 1 aliphatic rings. The number of halogens is 1. The minimum atomic E-state index is -0.730. The van der Waals surface area contributed by atoms with Gasteiger partial charge in [0.25, 0.3) is 0 Å². The van der Waals surface area contributed by atoms with Gasteiger partial charge in [0, 0.05) is 13.1 Å². The van der Waals surface area contributed by atoms with Crippen molar-refractivity contribution in [3.63, 3.8) is 0 Å². The average molecular weight is 252 g/mol. The van der Waals surface area contributed by atoms with Crippen LogP contribution in [-0.2, 0) is 9.53 Å². The smallest absolute Gasteiger partial charge is 0.321 e. The molecule has 0 saturated carbocycles. The second kappa shape index (κ2) is 6.42. The van der Waals surface area contributed by atoms with Gasteiger partial charge in [0.1, 0.15) is 6.04 Å². The minimum absolute atomic E-state index is 0. The Hall–Kier alpha value is -0.320. The monoisotopic (exact) mass is 251 g/mol. The van der Waals surface area contributed by atoms with E-state index in [0.717, 1.165) is 0 Å². The molecule has 0 amide bonds. The maximum absolute atomic E-state index is 11.2. The van der Waals surface area contributed by atoms with Crippen LogP contribution in [0.1, 0.15) is 27.7 Å². The molecule has 5 heteroatoms. The Balaban J connectivity index is 0.00000225. The van der Waals surface area contributed by atoms with Crippen molar-refractivity contribution in [2.45, 2.75) is 45.9 Å². The van der Waals surface area contributed by atoms with Crippen LogP contribution in [0.15, 0.2) is 0 Å². The van der Waals surface area contributed by atoms with Gasteiger partial charge in [-0.25, -0.2) is 0 Å². The zero-order valence-electron chi connectivity index (χ0n) is 10.3. The van der Waals surface area contributed by atoms with Gasteiger partial charge >= 0.3 is 5.97 Å². The quantitative estimate of drug-likeness (QED) is 0.828. The van der Waals surface area contributed by atoms with E-state index in [9.17, 15) is 9.90 Å². The van der Waals surface area contributed by atoms with Gasteiger partial charge in [0.2, 0.25) is 0 Å². The maximum atomic E-state index is 11.2. The van der Waals surface area contributed by atoms with Gasteiger partial charge in [0.15, 0.2) is 0 Å². The van der Waals surface area contributed by atoms with Crippen molar-refractivity contribution >= 4 is 18.4 Å². The first-order valence-electron chi connectivity index (χ1n) is 5.54. The zero-order valence-corrected chi connectivity index (χ0v) is 11.2. The van der Waals surface area contributed by atoms with E-state index in [0.29, 0.717) is 13.1 Å². The van der Waals surface area contributed by atoms with Crippen molar-refractivity contribution in [2.24, 2.45) is 5.92 Å². The lowest BCUT2D eigenvalue weighted by Crippen LogP contribution is -2.54. The topological polar surface area (TPSA) is 49.8 Å². The number of nitrogens with zero attached hydrogens (tertiary/aromatic N) is 1. The molecule has 96 valence electrons. The highest BCUT2D eigenvalue weighted by Crippen LogP contribution is 2.18. The molecular formula is C11H22ClNO3. The summed E-state index contributed by atoms with van der Waals surface area (Å²) in [6, 6.07) is -0.390. The van der Waals surface area contributed by atoms with Crippen molar-refractivity contribution in [2.75, 3.05) is 13.1 Å². The number of carboxylic acid groups (broad SMARTS) is 1. The second-order valence-corrected chi connectivity index (χ2v) is 4.74. The third-order valence-electron chi connectivity index (χ3n) is 2.73. The number of hydrogen-bond acceptors (Lipinski definition) is 3. The molecule has 1 aliphatic heterocycles. The minimum Gasteiger partial charge on any atom is -0.480 e. The van der Waals surface area contributed by atoms with Crippen molar-refractivity contribution < 1.29 is 14.6 Å². The second-order valence-electron chi connectivity index (χ2n) is 4.74. The highest BCUT2D eigenvalue weighted by atomic mass is 35.5. The first-order valence-corrected chi connectivity index (χ1v) is 5.54. The molecule has 0 bridgehead atoms. The summed E-state index contributed by atoms with van der Waals surface area (Å²) in [5.41, 5.74) is 0. The molecule has 1 heterocycles. The summed E-state index contributed by atoms with van der Waals surface area (Å²) in [6.07, 6.45) is 0.240. The summed E-state index contributed by atoms with van der Waals surface area (Å²) in [5.74, 6) is -0.605. The molecule has 0 aromatic rings. The molecule has 3 atom stereocenters. The highest BCUT2D eigenvalue weighted by Gasteiger charge is 2.33. The Morgan fingerprint density at radius 1 is 1.31 bits per heavy atom. The number of aliphatic carboxylic acids is 1. The van der Waals surface area contributed by atoms with Gasteiger partial charge in [-0.05, 0) is 19.8 Å². The number of carbonyl (C=O) groups is 1. The van der Waals surface area contributed by atoms with Crippen molar-refractivity contribution in [3.05, 3.63) is 0 Å². The summed E-state index contributed by atoms with van der Waals surface area (Å²) in [7, 11) is 0. The van der Waals surface area contributed by atoms with Crippen LogP contribution in [0, 0.1) is 5.92 Å². The first kappa shape index (κ1) is 15.7. The van der Waals surface area contributed by atoms with Gasteiger partial charge < -0.3 is 9.84 Å². The van der Waals surface area contributed by atoms with Crippen LogP contribution in [-0.4, -0.2) is 47.3 Å². The lowest BCUT2D eigenvalue weighted by Gasteiger charge is -2.39. The largest absolute Gasteiger partial charge is 0.480 e. The Labute approximate surface area is 103 Å². The van der Waals surface area contributed by atoms with Crippen LogP contribution >= 0.6 is 12.4 Å². The van der Waals surface area contributed by atoms with Crippen molar-refractivity contribution in [1.29, 1.82) is 0 Å². The lowest BCUT2D eigenvalue weighted by atomic mass is 10.0. The maximum Gasteiger partial charge on any atom is 0.321 e. The molecule has 0 spiro atoms. The Bertz CT molecular complexity index is 225. The fourth-order valence-corrected chi connectivity index (χ4v) is 2.31. The standard InChI is InChI=1S/C11H21NO3.ClH/c1-7(2)10(11(13)14)12-5-8(3)15-9(4)6-12;/h7-10H,5-6H2,1-4H3,(H,13,14);1H. The number of morpholine rings is 1. The fraction of sp³-hybridized carbons (Fsp3) is 0.909. The van der Waals surface area contributed by atoms with E-state index in [1.54, 1.807) is 0 Å². The van der Waals surface area contributed by atoms with Gasteiger partial charge in [-0.15, -0.1) is 12.4 Å². The molecule has 3 unspecified atom stereocenters. The van der Waals surface area contributed by atoms with Crippen LogP contribution < -0.4 is 0 Å². The van der Waals surface area contributed by atoms with E-state index in [-0.39, 0.29) is 30.5 Å². The molecule has 0 aliphatic carbocycles. The fourth-order valence-electron chi connectivity index (χ4n) is 2.31. The van der Waals surface area contributed by atoms with Crippen LogP contribution in [0.2, 0.25) is 0 Å². The number of rotatable bonds is 3. The van der Waals surface area contributed by atoms with Crippen LogP contribution in [0.5, 0.6) is 0 Å². The van der Waals surface area contributed by atoms with E-state index < -0.39 is 12.0 Å². The molecular weight excluding hydrogens is 230 g/mol. The normalized spacial score (nSPS) is 28.6. The lowest BCUT2D eigenvalue weighted by molar-refractivity contribution is -0.151. The van der Waals surface area contributed by atoms with E-state index in [1.807, 2.05) is 32.6 Å². The first-order chi connectivity index (χ1) is 6.91. The molecule has 16 heavy (non-hydrogen) atoms. The SMILES string of the molecule is CC1CN(C(C(=O)O)C(C)C)CC(C)O1.Cl. The predicted molar refractivity (Wildman–Crippen MR) is 65.1 cm³/mol. The van der Waals surface area contributed by atoms with Crippen LogP contribution in [0.25, 0.3) is 0 Å². The Morgan fingerprint density at radius 2 is 1.75 bits per heavy atom. The molecule has 0 aromatic carbocycles. The molecule has 4 nitrogen and oxygen atoms in total. The molecule has 1 saturated heterocycles. The Kier molecular flexibility index (Phi) is 6.30. The third-order valence-corrected chi connectivity index (χ3v) is 2.73. The van der Waals surface area contributed by atoms with Gasteiger partial charge in [-0.2, -0.15) is 0 Å². The zero-order chi connectivity index (χ0) is 11.6. The van der Waals surface area contributed by atoms with Crippen molar-refractivity contribution in [3.8, 4) is 0 Å². The average Bonchev–Trinajstić information content (AvgIpc) is 1.99. The summed E-state index contributed by atoms with van der Waals surface area (Å²) < 4.78 is 5.59. The molecule has 0 radical (unpaired) electrons. The summed E-state index contributed by atoms with van der Waals surface area (Å²) in [5, 5.41) is 9.19. The van der Waals surface area contributed by atoms with Crippen LogP contribution in [0.3, 0.4) is 0 Å². The van der Waals surface area contributed by atoms with Gasteiger partial charge in [-0.1, -0.05) is 13.8 Å². The summed E-state index contributed by atoms with van der Waals surface area (Å²) in [4.78, 5) is 13.2. The predicted octanol–water partition coefficient (Wildman–Crippen LogP) is 1.63. The van der Waals surface area contributed by atoms with Gasteiger partial charge in [-0.3, -0.25) is 9.69 Å². The number of carboxylic acids is 1. The molecule has 1 fully saturated rings. The molecule has 1 N–H and O–H groups in total. The summed E-state index contributed by atoms with van der Waals surface area (Å²) in [6.45, 7) is 9.29. The Morgan fingerprint density at radius 3 is 2.06 bits per heavy atom. The summed E-state index contributed by atoms with van der Waals surface area (Å²) >= 11 is 0. The van der Waals surface area contributed by atoms with Crippen LogP contribution in [0.4, 0.5) is 0 Å². The van der Waals surface area contributed by atoms with E-state index in [4.69, 9.17) is 4.74 Å². The number of ether oxygens (including phenoxy) is 1. The highest BCUT2D eigenvalue weighted by molar-refractivity contribution is 5.85. The van der Waals surface area contributed by atoms with E-state index >= 15 is 0 Å². The van der Waals surface area contributed by atoms with E-state index in [1.165, 1.54) is 0 Å². The molecule has 0 aromatic heterocycles. The molecule has 1 rings (SSSR count).